The van der Waals surface area contributed by atoms with Gasteiger partial charge < -0.3 is 9.73 Å². The fraction of sp³-hybridized carbons (Fsp3) is 0.0556. The normalized spacial score (nSPS) is 10.9. The molecule has 0 radical (unpaired) electrons. The number of aromatic nitrogens is 4. The van der Waals surface area contributed by atoms with Gasteiger partial charge in [-0.1, -0.05) is 35.0 Å². The van der Waals surface area contributed by atoms with Gasteiger partial charge >= 0.3 is 5.56 Å². The van der Waals surface area contributed by atoms with E-state index in [0.717, 1.165) is 5.76 Å². The maximum absolute atomic E-state index is 13.1. The first-order valence-corrected chi connectivity index (χ1v) is 9.86. The van der Waals surface area contributed by atoms with Crippen molar-refractivity contribution in [3.05, 3.63) is 87.3 Å². The van der Waals surface area contributed by atoms with Crippen molar-refractivity contribution in [3.8, 4) is 0 Å². The predicted octanol–water partition coefficient (Wildman–Crippen LogP) is 4.69. The van der Waals surface area contributed by atoms with Crippen molar-refractivity contribution in [1.82, 2.24) is 19.5 Å². The highest BCUT2D eigenvalue weighted by Gasteiger charge is 2.15. The Morgan fingerprint density at radius 1 is 1.07 bits per heavy atom. The zero-order valence-corrected chi connectivity index (χ0v) is 16.6. The molecule has 0 fully saturated rings. The van der Waals surface area contributed by atoms with Crippen LogP contribution in [0.3, 0.4) is 0 Å². The molecule has 0 unspecified atom stereocenters. The summed E-state index contributed by atoms with van der Waals surface area (Å²) in [6, 6.07) is 12.2. The van der Waals surface area contributed by atoms with Crippen LogP contribution in [0.15, 0.2) is 75.5 Å². The number of hydrogen-bond acceptors (Lipinski definition) is 6. The second kappa shape index (κ2) is 8.14. The van der Waals surface area contributed by atoms with Gasteiger partial charge in [0, 0.05) is 28.1 Å². The molecular formula is C18H13Cl2N5O2S. The van der Waals surface area contributed by atoms with Crippen molar-refractivity contribution in [2.45, 2.75) is 10.9 Å². The Labute approximate surface area is 173 Å². The van der Waals surface area contributed by atoms with Gasteiger partial charge in [-0.25, -0.2) is 0 Å². The van der Waals surface area contributed by atoms with E-state index in [1.54, 1.807) is 41.5 Å². The van der Waals surface area contributed by atoms with E-state index in [0.29, 0.717) is 26.6 Å². The molecule has 28 heavy (non-hydrogen) atoms. The van der Waals surface area contributed by atoms with E-state index in [2.05, 4.69) is 15.5 Å². The number of thioether (sulfide) groups is 1. The Hall–Kier alpha value is -2.68. The molecule has 0 atom stereocenters. The molecule has 7 nitrogen and oxygen atoms in total. The fourth-order valence-electron chi connectivity index (χ4n) is 2.49. The number of hydrogen-bond donors (Lipinski definition) is 1. The summed E-state index contributed by atoms with van der Waals surface area (Å²) in [4.78, 5) is 13.1. The highest BCUT2D eigenvalue weighted by Crippen LogP contribution is 2.25. The average molecular weight is 434 g/mol. The van der Waals surface area contributed by atoms with E-state index in [9.17, 15) is 4.79 Å². The number of halogens is 2. The van der Waals surface area contributed by atoms with E-state index in [-0.39, 0.29) is 11.4 Å². The lowest BCUT2D eigenvalue weighted by atomic mass is 10.3. The van der Waals surface area contributed by atoms with Crippen molar-refractivity contribution in [2.24, 2.45) is 0 Å². The summed E-state index contributed by atoms with van der Waals surface area (Å²) < 4.78 is 8.40. The molecule has 1 aromatic carbocycles. The van der Waals surface area contributed by atoms with Crippen LogP contribution in [0.5, 0.6) is 0 Å². The first-order valence-electron chi connectivity index (χ1n) is 8.12. The van der Waals surface area contributed by atoms with Crippen LogP contribution in [0, 0.1) is 0 Å². The summed E-state index contributed by atoms with van der Waals surface area (Å²) in [7, 11) is 0. The standard InChI is InChI=1S/C18H13Cl2N5O2S/c19-12-8-13(20)10-14(9-12)21-16-17(26)25(24-5-1-2-6-24)18(23-22-16)28-11-15-4-3-7-27-15/h1-10H,11H2,(H,21,22). The van der Waals surface area contributed by atoms with E-state index >= 15 is 0 Å². The Morgan fingerprint density at radius 3 is 2.50 bits per heavy atom. The van der Waals surface area contributed by atoms with Crippen LogP contribution in [0.4, 0.5) is 11.5 Å². The lowest BCUT2D eigenvalue weighted by Crippen LogP contribution is -2.30. The summed E-state index contributed by atoms with van der Waals surface area (Å²) in [6.45, 7) is 0. The van der Waals surface area contributed by atoms with Gasteiger partial charge in [-0.3, -0.25) is 9.47 Å². The number of anilines is 2. The van der Waals surface area contributed by atoms with Crippen LogP contribution in [-0.2, 0) is 5.75 Å². The lowest BCUT2D eigenvalue weighted by molar-refractivity contribution is 0.523. The molecular weight excluding hydrogens is 421 g/mol. The Morgan fingerprint density at radius 2 is 1.82 bits per heavy atom. The van der Waals surface area contributed by atoms with E-state index < -0.39 is 0 Å². The van der Waals surface area contributed by atoms with Gasteiger partial charge in [0.15, 0.2) is 0 Å². The van der Waals surface area contributed by atoms with Crippen molar-refractivity contribution in [3.63, 3.8) is 0 Å². The minimum atomic E-state index is -0.371. The molecule has 0 spiro atoms. The number of benzene rings is 1. The van der Waals surface area contributed by atoms with Crippen LogP contribution in [0.2, 0.25) is 10.0 Å². The van der Waals surface area contributed by atoms with Crippen LogP contribution in [0.1, 0.15) is 5.76 Å². The van der Waals surface area contributed by atoms with Crippen LogP contribution in [-0.4, -0.2) is 19.5 Å². The molecule has 0 saturated heterocycles. The van der Waals surface area contributed by atoms with Gasteiger partial charge in [-0.05, 0) is 42.5 Å². The summed E-state index contributed by atoms with van der Waals surface area (Å²) in [5.74, 6) is 1.34. The van der Waals surface area contributed by atoms with Gasteiger partial charge in [-0.2, -0.15) is 4.68 Å². The summed E-state index contributed by atoms with van der Waals surface area (Å²) in [5.41, 5.74) is 0.170. The molecule has 142 valence electrons. The van der Waals surface area contributed by atoms with Crippen LogP contribution < -0.4 is 10.9 Å². The van der Waals surface area contributed by atoms with Gasteiger partial charge in [0.1, 0.15) is 5.76 Å². The topological polar surface area (TPSA) is 77.9 Å². The highest BCUT2D eigenvalue weighted by molar-refractivity contribution is 7.98. The third kappa shape index (κ3) is 4.09. The monoisotopic (exact) mass is 433 g/mol. The maximum atomic E-state index is 13.1. The van der Waals surface area contributed by atoms with E-state index in [4.69, 9.17) is 27.6 Å². The molecule has 3 heterocycles. The number of rotatable bonds is 6. The summed E-state index contributed by atoms with van der Waals surface area (Å²) >= 11 is 13.4. The number of nitrogens with one attached hydrogen (secondary N) is 1. The minimum Gasteiger partial charge on any atom is -0.468 e. The summed E-state index contributed by atoms with van der Waals surface area (Å²) in [5, 5.41) is 12.5. The molecule has 0 aliphatic rings. The van der Waals surface area contributed by atoms with Crippen molar-refractivity contribution >= 4 is 46.5 Å². The number of furan rings is 1. The highest BCUT2D eigenvalue weighted by atomic mass is 35.5. The number of nitrogens with zero attached hydrogens (tertiary/aromatic N) is 4. The van der Waals surface area contributed by atoms with Crippen LogP contribution >= 0.6 is 35.0 Å². The van der Waals surface area contributed by atoms with Gasteiger partial charge in [0.25, 0.3) is 0 Å². The van der Waals surface area contributed by atoms with Gasteiger partial charge in [0.05, 0.1) is 12.0 Å². The fourth-order valence-corrected chi connectivity index (χ4v) is 3.85. The molecule has 0 saturated carbocycles. The Bertz CT molecular complexity index is 1120. The van der Waals surface area contributed by atoms with Crippen molar-refractivity contribution in [1.29, 1.82) is 0 Å². The van der Waals surface area contributed by atoms with E-state index in [1.165, 1.54) is 16.4 Å². The molecule has 0 aliphatic heterocycles. The van der Waals surface area contributed by atoms with Crippen molar-refractivity contribution in [2.75, 3.05) is 5.32 Å². The second-order valence-corrected chi connectivity index (χ2v) is 7.48. The maximum Gasteiger partial charge on any atom is 0.316 e. The third-order valence-corrected chi connectivity index (χ3v) is 5.06. The largest absolute Gasteiger partial charge is 0.468 e. The minimum absolute atomic E-state index is 0.0504. The first-order chi connectivity index (χ1) is 13.6. The molecule has 0 aliphatic carbocycles. The second-order valence-electron chi connectivity index (χ2n) is 5.66. The Balaban J connectivity index is 1.71. The molecule has 10 heteroatoms. The molecule has 4 rings (SSSR count). The van der Waals surface area contributed by atoms with E-state index in [1.807, 2.05) is 24.3 Å². The quantitative estimate of drug-likeness (QED) is 0.444. The molecule has 0 bridgehead atoms. The first kappa shape index (κ1) is 18.7. The third-order valence-electron chi connectivity index (χ3n) is 3.68. The SMILES string of the molecule is O=c1c(Nc2cc(Cl)cc(Cl)c2)nnc(SCc2ccco2)n1-n1cccc1. The average Bonchev–Trinajstić information content (AvgIpc) is 3.35. The molecule has 1 N–H and O–H groups in total. The predicted molar refractivity (Wildman–Crippen MR) is 110 cm³/mol. The van der Waals surface area contributed by atoms with Crippen LogP contribution in [0.25, 0.3) is 0 Å². The smallest absolute Gasteiger partial charge is 0.316 e. The lowest BCUT2D eigenvalue weighted by Gasteiger charge is -2.13. The molecule has 0 amide bonds. The van der Waals surface area contributed by atoms with Gasteiger partial charge in [0.2, 0.25) is 11.0 Å². The zero-order chi connectivity index (χ0) is 19.5. The Kier molecular flexibility index (Phi) is 5.43. The zero-order valence-electron chi connectivity index (χ0n) is 14.3. The molecule has 3 aromatic heterocycles. The van der Waals surface area contributed by atoms with Gasteiger partial charge in [-0.15, -0.1) is 10.2 Å². The van der Waals surface area contributed by atoms with Crippen molar-refractivity contribution < 1.29 is 4.42 Å². The summed E-state index contributed by atoms with van der Waals surface area (Å²) in [6.07, 6.45) is 5.10. The molecule has 4 aromatic rings.